The Morgan fingerprint density at radius 2 is 1.61 bits per heavy atom. The normalized spacial score (nSPS) is 46.1. The van der Waals surface area contributed by atoms with E-state index in [9.17, 15) is 19.5 Å². The van der Waals surface area contributed by atoms with Crippen LogP contribution >= 0.6 is 0 Å². The Hall–Kier alpha value is -1.91. The number of hydrogen-bond acceptors (Lipinski definition) is 14. The molecule has 14 heteroatoms. The molecule has 4 fully saturated rings. The third kappa shape index (κ3) is 10.3. The number of aldehydes is 1. The second kappa shape index (κ2) is 18.6. The summed E-state index contributed by atoms with van der Waals surface area (Å²) in [5.41, 5.74) is -2.67. The second-order valence-corrected chi connectivity index (χ2v) is 17.5. The highest BCUT2D eigenvalue weighted by atomic mass is 16.8. The van der Waals surface area contributed by atoms with Crippen LogP contribution in [-0.4, -0.2) is 146 Å². The molecule has 0 aromatic rings. The summed E-state index contributed by atoms with van der Waals surface area (Å²) in [5, 5.41) is 12.6. The van der Waals surface area contributed by atoms with Crippen LogP contribution in [-0.2, 0) is 47.5 Å². The predicted octanol–water partition coefficient (Wildman–Crippen LogP) is 4.57. The number of carbonyl (C=O) groups excluding carboxylic acids is 3. The number of rotatable bonds is 9. The molecule has 4 heterocycles. The molecule has 4 aliphatic rings. The Balaban J connectivity index is 1.77. The van der Waals surface area contributed by atoms with E-state index in [0.29, 0.717) is 32.2 Å². The average Bonchev–Trinajstić information content (AvgIpc) is 3.40. The number of ether oxygens (including phenoxy) is 8. The predicted molar refractivity (Wildman–Crippen MR) is 199 cm³/mol. The molecule has 4 rings (SSSR count). The van der Waals surface area contributed by atoms with Gasteiger partial charge in [-0.1, -0.05) is 27.7 Å². The molecule has 0 amide bonds. The first kappa shape index (κ1) is 44.8. The van der Waals surface area contributed by atoms with Gasteiger partial charge in [0.25, 0.3) is 0 Å². The summed E-state index contributed by atoms with van der Waals surface area (Å²) < 4.78 is 50.2. The number of aliphatic hydroxyl groups is 1. The quantitative estimate of drug-likeness (QED) is 0.258. The first-order valence-corrected chi connectivity index (χ1v) is 20.1. The van der Waals surface area contributed by atoms with Gasteiger partial charge in [0.15, 0.2) is 24.3 Å². The third-order valence-electron chi connectivity index (χ3n) is 12.4. The van der Waals surface area contributed by atoms with Crippen LogP contribution in [0.3, 0.4) is 0 Å². The van der Waals surface area contributed by atoms with Crippen molar-refractivity contribution < 1.29 is 57.4 Å². The molecule has 17 atom stereocenters. The van der Waals surface area contributed by atoms with Crippen LogP contribution in [0.2, 0.25) is 0 Å². The summed E-state index contributed by atoms with van der Waals surface area (Å²) in [4.78, 5) is 42.5. The van der Waals surface area contributed by atoms with Crippen molar-refractivity contribution in [2.45, 2.75) is 180 Å². The minimum atomic E-state index is -1.41. The monoisotopic (exact) mass is 770 g/mol. The van der Waals surface area contributed by atoms with Gasteiger partial charge in [0.2, 0.25) is 0 Å². The smallest absolute Gasteiger partial charge is 0.458 e. The minimum Gasteiger partial charge on any atom is -0.458 e. The summed E-state index contributed by atoms with van der Waals surface area (Å²) in [6.45, 7) is 19.6. The SMILES string of the molecule is CC[C@H]1OC(=O)[C@H](C)[C@@H](O[C@H]2C[C@H](C)[C@@H](OCC=O)[C@H](C)O2)[C@H](C)[C@@H](O[C@H]2C[C@@H](N(C)C)C[C@@H](C)O2)[C@](C)(O)C[C@@H](C)CN(C)[C@H](C)[C@@H]2OC(=O)O[C@]12C. The van der Waals surface area contributed by atoms with E-state index in [1.807, 2.05) is 62.7 Å². The van der Waals surface area contributed by atoms with Crippen LogP contribution in [0.25, 0.3) is 0 Å². The number of hydrogen-bond donors (Lipinski definition) is 1. The summed E-state index contributed by atoms with van der Waals surface area (Å²) in [5.74, 6) is -2.07. The third-order valence-corrected chi connectivity index (χ3v) is 12.4. The van der Waals surface area contributed by atoms with Gasteiger partial charge in [0.1, 0.15) is 19.0 Å². The Kier molecular flexibility index (Phi) is 15.4. The summed E-state index contributed by atoms with van der Waals surface area (Å²) in [6, 6.07) is -0.0922. The van der Waals surface area contributed by atoms with Crippen LogP contribution < -0.4 is 0 Å². The van der Waals surface area contributed by atoms with Crippen molar-refractivity contribution in [1.82, 2.24) is 9.80 Å². The summed E-state index contributed by atoms with van der Waals surface area (Å²) in [6.07, 6.45) is -2.83. The first-order chi connectivity index (χ1) is 25.2. The highest BCUT2D eigenvalue weighted by molar-refractivity contribution is 5.73. The molecule has 54 heavy (non-hydrogen) atoms. The molecule has 0 aliphatic carbocycles. The van der Waals surface area contributed by atoms with Gasteiger partial charge < -0.3 is 52.7 Å². The van der Waals surface area contributed by atoms with Crippen molar-refractivity contribution in [3.05, 3.63) is 0 Å². The van der Waals surface area contributed by atoms with Crippen molar-refractivity contribution in [3.63, 3.8) is 0 Å². The maximum Gasteiger partial charge on any atom is 0.509 e. The van der Waals surface area contributed by atoms with E-state index in [0.717, 1.165) is 12.7 Å². The van der Waals surface area contributed by atoms with E-state index in [1.165, 1.54) is 0 Å². The lowest BCUT2D eigenvalue weighted by Gasteiger charge is -2.47. The molecule has 0 unspecified atom stereocenters. The van der Waals surface area contributed by atoms with Gasteiger partial charge in [-0.15, -0.1) is 0 Å². The lowest BCUT2D eigenvalue weighted by atomic mass is 9.77. The molecule has 0 spiro atoms. The van der Waals surface area contributed by atoms with Crippen molar-refractivity contribution in [2.24, 2.45) is 23.7 Å². The van der Waals surface area contributed by atoms with Crippen LogP contribution in [0.5, 0.6) is 0 Å². The number of fused-ring (bicyclic) bond motifs is 1. The molecule has 1 N–H and O–H groups in total. The van der Waals surface area contributed by atoms with Crippen LogP contribution in [0.4, 0.5) is 4.79 Å². The molecule has 0 bridgehead atoms. The molecule has 0 radical (unpaired) electrons. The van der Waals surface area contributed by atoms with Crippen LogP contribution in [0.1, 0.15) is 101 Å². The van der Waals surface area contributed by atoms with E-state index < -0.39 is 78.3 Å². The zero-order valence-corrected chi connectivity index (χ0v) is 35.0. The fraction of sp³-hybridized carbons (Fsp3) is 0.925. The molecule has 4 aliphatic heterocycles. The van der Waals surface area contributed by atoms with E-state index in [2.05, 4.69) is 16.7 Å². The number of likely N-dealkylation sites (N-methyl/N-ethyl adjacent to an activating group) is 1. The molecule has 14 nitrogen and oxygen atoms in total. The molecule has 0 saturated carbocycles. The largest absolute Gasteiger partial charge is 0.509 e. The molecular formula is C40H70N2O12. The average molecular weight is 771 g/mol. The van der Waals surface area contributed by atoms with Crippen molar-refractivity contribution in [2.75, 3.05) is 34.3 Å². The number of esters is 1. The zero-order valence-electron chi connectivity index (χ0n) is 35.0. The molecule has 312 valence electrons. The van der Waals surface area contributed by atoms with Gasteiger partial charge in [0, 0.05) is 37.4 Å². The number of carbonyl (C=O) groups is 3. The fourth-order valence-electron chi connectivity index (χ4n) is 9.51. The number of cyclic esters (lactones) is 1. The van der Waals surface area contributed by atoms with Crippen LogP contribution in [0.15, 0.2) is 0 Å². The topological polar surface area (TPSA) is 152 Å². The Morgan fingerprint density at radius 1 is 0.944 bits per heavy atom. The van der Waals surface area contributed by atoms with Crippen molar-refractivity contribution in [3.8, 4) is 0 Å². The van der Waals surface area contributed by atoms with Gasteiger partial charge in [-0.3, -0.25) is 9.69 Å². The van der Waals surface area contributed by atoms with Crippen molar-refractivity contribution in [1.29, 1.82) is 0 Å². The lowest BCUT2D eigenvalue weighted by molar-refractivity contribution is -0.292. The Labute approximate surface area is 323 Å². The zero-order chi connectivity index (χ0) is 40.3. The van der Waals surface area contributed by atoms with Crippen LogP contribution in [0, 0.1) is 23.7 Å². The van der Waals surface area contributed by atoms with E-state index >= 15 is 0 Å². The lowest BCUT2D eigenvalue weighted by Crippen LogP contribution is -2.57. The molecule has 0 aromatic carbocycles. The molecule has 0 aromatic heterocycles. The summed E-state index contributed by atoms with van der Waals surface area (Å²) in [7, 11) is 6.04. The van der Waals surface area contributed by atoms with E-state index in [4.69, 9.17) is 37.9 Å². The maximum absolute atomic E-state index is 14.4. The fourth-order valence-corrected chi connectivity index (χ4v) is 9.51. The highest BCUT2D eigenvalue weighted by Crippen LogP contribution is 2.41. The molecular weight excluding hydrogens is 700 g/mol. The first-order valence-electron chi connectivity index (χ1n) is 20.1. The Morgan fingerprint density at radius 3 is 2.22 bits per heavy atom. The van der Waals surface area contributed by atoms with Gasteiger partial charge >= 0.3 is 12.1 Å². The van der Waals surface area contributed by atoms with Gasteiger partial charge in [0.05, 0.1) is 42.0 Å². The van der Waals surface area contributed by atoms with E-state index in [-0.39, 0.29) is 42.7 Å². The standard InChI is InChI=1S/C40H70N2O12/c1-14-30-40(10)36(53-38(45)54-40)27(7)42(13)21-22(2)20-39(9,46)35(52-32-19-29(41(11)12)18-24(4)48-32)25(5)34(26(6)37(44)50-30)51-31-17-23(3)33(28(8)49-31)47-16-15-43/h15,22-36,46H,14,16-21H2,1-13H3/t22-,23+,24-,25+,26-,27-,28+,29+,30-,31+,32+,33-,34+,35-,36+,39-,40-/m1/s1. The molecule has 4 saturated heterocycles. The van der Waals surface area contributed by atoms with E-state index in [1.54, 1.807) is 20.8 Å². The highest BCUT2D eigenvalue weighted by Gasteiger charge is 2.58. The van der Waals surface area contributed by atoms with Crippen molar-refractivity contribution >= 4 is 18.4 Å². The Bertz CT molecular complexity index is 1240. The maximum atomic E-state index is 14.4. The summed E-state index contributed by atoms with van der Waals surface area (Å²) >= 11 is 0. The second-order valence-electron chi connectivity index (χ2n) is 17.5. The van der Waals surface area contributed by atoms with Gasteiger partial charge in [-0.2, -0.15) is 0 Å². The number of nitrogens with zero attached hydrogens (tertiary/aromatic N) is 2. The van der Waals surface area contributed by atoms with Gasteiger partial charge in [-0.05, 0) is 93.8 Å². The minimum absolute atomic E-state index is 0.0213. The van der Waals surface area contributed by atoms with Gasteiger partial charge in [-0.25, -0.2) is 4.79 Å².